The van der Waals surface area contributed by atoms with Crippen LogP contribution in [-0.4, -0.2) is 96.0 Å². The lowest BCUT2D eigenvalue weighted by Crippen LogP contribution is -2.60. The Hall–Kier alpha value is -2.39. The minimum Gasteiger partial charge on any atom is -0.462 e. The SMILES string of the molecule is CCCCCCCCC/C=C/C/C=C/C/C=C/C/C=C/CCCC(=O)OC[C@H](CO[C@H]1O[C@H](CS(=O)(=O)O)[C@@H](O)C(O)C1O)OC(=O)CCCCCCCCCCCCCCCC. The number of hydrogen-bond donors (Lipinski definition) is 4. The lowest BCUT2D eigenvalue weighted by molar-refractivity contribution is -0.297. The average Bonchev–Trinajstić information content (AvgIpc) is 3.25. The van der Waals surface area contributed by atoms with Gasteiger partial charge in [-0.3, -0.25) is 14.1 Å². The van der Waals surface area contributed by atoms with Gasteiger partial charge < -0.3 is 34.3 Å². The van der Waals surface area contributed by atoms with E-state index in [0.717, 1.165) is 38.5 Å². The maximum atomic E-state index is 12.8. The lowest BCUT2D eigenvalue weighted by atomic mass is 10.00. The van der Waals surface area contributed by atoms with E-state index in [1.54, 1.807) is 0 Å². The molecule has 12 nitrogen and oxygen atoms in total. The summed E-state index contributed by atoms with van der Waals surface area (Å²) in [5.74, 6) is -2.05. The molecule has 13 heteroatoms. The van der Waals surface area contributed by atoms with Gasteiger partial charge in [-0.15, -0.1) is 0 Å². The number of unbranched alkanes of at least 4 members (excludes halogenated alkanes) is 21. The fraction of sp³-hybridized carbons (Fsp3) is 0.800. The van der Waals surface area contributed by atoms with E-state index in [1.165, 1.54) is 116 Å². The van der Waals surface area contributed by atoms with Crippen LogP contribution in [0.2, 0.25) is 0 Å². The molecule has 4 N–H and O–H groups in total. The zero-order valence-corrected chi connectivity index (χ0v) is 40.0. The Morgan fingerprint density at radius 3 is 1.46 bits per heavy atom. The summed E-state index contributed by atoms with van der Waals surface area (Å²) in [5, 5.41) is 30.9. The van der Waals surface area contributed by atoms with Crippen LogP contribution >= 0.6 is 0 Å². The highest BCUT2D eigenvalue weighted by Crippen LogP contribution is 2.24. The van der Waals surface area contributed by atoms with E-state index in [0.29, 0.717) is 19.3 Å². The van der Waals surface area contributed by atoms with Crippen molar-refractivity contribution in [3.63, 3.8) is 0 Å². The van der Waals surface area contributed by atoms with E-state index in [1.807, 2.05) is 6.08 Å². The van der Waals surface area contributed by atoms with Gasteiger partial charge in [-0.25, -0.2) is 0 Å². The molecule has 63 heavy (non-hydrogen) atoms. The highest BCUT2D eigenvalue weighted by atomic mass is 32.2. The van der Waals surface area contributed by atoms with Crippen LogP contribution in [0.3, 0.4) is 0 Å². The molecular weight excluding hydrogens is 825 g/mol. The summed E-state index contributed by atoms with van der Waals surface area (Å²) >= 11 is 0. The number of aliphatic hydroxyl groups is 3. The fourth-order valence-corrected chi connectivity index (χ4v) is 8.01. The second kappa shape index (κ2) is 39.9. The molecule has 1 rings (SSSR count). The van der Waals surface area contributed by atoms with Crippen molar-refractivity contribution in [1.29, 1.82) is 0 Å². The summed E-state index contributed by atoms with van der Waals surface area (Å²) in [6, 6.07) is 0. The van der Waals surface area contributed by atoms with Crippen molar-refractivity contribution in [2.24, 2.45) is 0 Å². The first-order valence-electron chi connectivity index (χ1n) is 24.7. The predicted octanol–water partition coefficient (Wildman–Crippen LogP) is 10.7. The molecule has 0 saturated carbocycles. The Morgan fingerprint density at radius 2 is 0.968 bits per heavy atom. The number of carbonyl (C=O) groups is 2. The molecule has 0 spiro atoms. The van der Waals surface area contributed by atoms with E-state index in [9.17, 15) is 37.9 Å². The van der Waals surface area contributed by atoms with Crippen molar-refractivity contribution < 1.29 is 56.8 Å². The normalized spacial score (nSPS) is 20.1. The standard InChI is InChI=1S/C50H88O12S/c1-3-5-7-9-11-13-15-17-19-20-21-22-23-24-25-27-28-30-32-34-36-38-45(51)59-40-43(41-60-50-49(55)48(54)47(53)44(62-50)42-63(56,57)58)61-46(52)39-37-35-33-31-29-26-18-16-14-12-10-8-6-4-2/h19-20,22-23,25,27,30,32,43-44,47-50,53-55H,3-18,21,24,26,28-29,31,33-42H2,1-2H3,(H,56,57,58)/b20-19+,23-22+,27-25+,32-30+/t43-,44-,47-,48?,49?,50+/m1/s1. The summed E-state index contributed by atoms with van der Waals surface area (Å²) in [6.45, 7) is 3.72. The third-order valence-corrected chi connectivity index (χ3v) is 11.9. The Labute approximate surface area is 382 Å². The summed E-state index contributed by atoms with van der Waals surface area (Å²) in [7, 11) is -4.61. The molecular formula is C50H88O12S. The Bertz CT molecular complexity index is 1350. The molecule has 366 valence electrons. The highest BCUT2D eigenvalue weighted by Gasteiger charge is 2.46. The number of allylic oxidation sites excluding steroid dienone is 8. The number of carbonyl (C=O) groups excluding carboxylic acids is 2. The fourth-order valence-electron chi connectivity index (χ4n) is 7.32. The van der Waals surface area contributed by atoms with Crippen LogP contribution in [0.5, 0.6) is 0 Å². The van der Waals surface area contributed by atoms with Crippen molar-refractivity contribution in [3.05, 3.63) is 48.6 Å². The van der Waals surface area contributed by atoms with Gasteiger partial charge in [0.15, 0.2) is 12.4 Å². The molecule has 0 radical (unpaired) electrons. The molecule has 2 unspecified atom stereocenters. The molecule has 0 bridgehead atoms. The number of aliphatic hydroxyl groups excluding tert-OH is 3. The molecule has 0 amide bonds. The van der Waals surface area contributed by atoms with Crippen LogP contribution in [0.1, 0.15) is 200 Å². The zero-order valence-electron chi connectivity index (χ0n) is 39.2. The minimum atomic E-state index is -4.61. The first-order valence-corrected chi connectivity index (χ1v) is 26.3. The average molecular weight is 913 g/mol. The molecule has 1 heterocycles. The van der Waals surface area contributed by atoms with E-state index in [-0.39, 0.29) is 19.4 Å². The summed E-state index contributed by atoms with van der Waals surface area (Å²) < 4.78 is 54.1. The maximum absolute atomic E-state index is 12.8. The topological polar surface area (TPSA) is 186 Å². The van der Waals surface area contributed by atoms with Crippen LogP contribution in [0.25, 0.3) is 0 Å². The summed E-state index contributed by atoms with van der Waals surface area (Å²) in [5.41, 5.74) is 0. The summed E-state index contributed by atoms with van der Waals surface area (Å²) in [4.78, 5) is 25.4. The number of hydrogen-bond acceptors (Lipinski definition) is 11. The highest BCUT2D eigenvalue weighted by molar-refractivity contribution is 7.85. The Morgan fingerprint density at radius 1 is 0.540 bits per heavy atom. The number of ether oxygens (including phenoxy) is 4. The molecule has 1 aliphatic rings. The number of rotatable bonds is 41. The van der Waals surface area contributed by atoms with Crippen molar-refractivity contribution in [2.45, 2.75) is 237 Å². The molecule has 1 aliphatic heterocycles. The van der Waals surface area contributed by atoms with Gasteiger partial charge in [0.1, 0.15) is 36.8 Å². The molecule has 0 aromatic rings. The molecule has 1 fully saturated rings. The second-order valence-electron chi connectivity index (χ2n) is 17.1. The van der Waals surface area contributed by atoms with Crippen molar-refractivity contribution in [1.82, 2.24) is 0 Å². The Balaban J connectivity index is 2.44. The summed E-state index contributed by atoms with van der Waals surface area (Å²) in [6.07, 6.45) is 38.8. The van der Waals surface area contributed by atoms with Gasteiger partial charge in [0.25, 0.3) is 10.1 Å². The van der Waals surface area contributed by atoms with Crippen LogP contribution in [-0.2, 0) is 38.7 Å². The van der Waals surface area contributed by atoms with Crippen LogP contribution < -0.4 is 0 Å². The maximum Gasteiger partial charge on any atom is 0.306 e. The van der Waals surface area contributed by atoms with Crippen LogP contribution in [0.4, 0.5) is 0 Å². The van der Waals surface area contributed by atoms with Gasteiger partial charge in [-0.2, -0.15) is 8.42 Å². The largest absolute Gasteiger partial charge is 0.462 e. The smallest absolute Gasteiger partial charge is 0.306 e. The minimum absolute atomic E-state index is 0.144. The van der Waals surface area contributed by atoms with Gasteiger partial charge >= 0.3 is 11.9 Å². The van der Waals surface area contributed by atoms with E-state index >= 15 is 0 Å². The Kier molecular flexibility index (Phi) is 37.2. The van der Waals surface area contributed by atoms with Gasteiger partial charge in [-0.05, 0) is 51.4 Å². The van der Waals surface area contributed by atoms with Gasteiger partial charge in [0.05, 0.1) is 6.61 Å². The van der Waals surface area contributed by atoms with E-state index < -0.39 is 71.2 Å². The van der Waals surface area contributed by atoms with Crippen LogP contribution in [0.15, 0.2) is 48.6 Å². The first-order chi connectivity index (χ1) is 30.5. The molecule has 0 aromatic carbocycles. The molecule has 0 aromatic heterocycles. The predicted molar refractivity (Wildman–Crippen MR) is 252 cm³/mol. The van der Waals surface area contributed by atoms with E-state index in [2.05, 4.69) is 56.4 Å². The quantitative estimate of drug-likeness (QED) is 0.0197. The van der Waals surface area contributed by atoms with E-state index in [4.69, 9.17) is 18.9 Å². The van der Waals surface area contributed by atoms with Crippen molar-refractivity contribution in [3.8, 4) is 0 Å². The third kappa shape index (κ3) is 34.6. The van der Waals surface area contributed by atoms with Gasteiger partial charge in [0, 0.05) is 12.8 Å². The van der Waals surface area contributed by atoms with Gasteiger partial charge in [0.2, 0.25) is 0 Å². The molecule has 6 atom stereocenters. The molecule has 1 saturated heterocycles. The van der Waals surface area contributed by atoms with Crippen molar-refractivity contribution in [2.75, 3.05) is 19.0 Å². The second-order valence-corrected chi connectivity index (χ2v) is 18.6. The van der Waals surface area contributed by atoms with Gasteiger partial charge in [-0.1, -0.05) is 184 Å². The number of esters is 2. The lowest BCUT2D eigenvalue weighted by Gasteiger charge is -2.40. The zero-order chi connectivity index (χ0) is 46.2. The monoisotopic (exact) mass is 913 g/mol. The van der Waals surface area contributed by atoms with Crippen molar-refractivity contribution >= 4 is 22.1 Å². The third-order valence-electron chi connectivity index (χ3n) is 11.2. The first kappa shape index (κ1) is 58.6. The molecule has 0 aliphatic carbocycles. The van der Waals surface area contributed by atoms with Crippen LogP contribution in [0, 0.1) is 0 Å².